The minimum Gasteiger partial charge on any atom is -0.383 e. The Kier molecular flexibility index (Phi) is 5.89. The van der Waals surface area contributed by atoms with Gasteiger partial charge in [-0.15, -0.1) is 0 Å². The van der Waals surface area contributed by atoms with E-state index in [4.69, 9.17) is 4.74 Å². The van der Waals surface area contributed by atoms with Gasteiger partial charge in [-0.3, -0.25) is 14.9 Å². The maximum Gasteiger partial charge on any atom is 0.255 e. The lowest BCUT2D eigenvalue weighted by Gasteiger charge is -2.31. The van der Waals surface area contributed by atoms with Crippen molar-refractivity contribution in [1.29, 1.82) is 0 Å². The SMILES string of the molecule is COCCn1c(C)cc(C(=O)N2CCC(c3nc(-c4cnccn4)n[nH]3)CC2)c1C. The molecule has 3 aromatic rings. The average Bonchev–Trinajstić information content (AvgIpc) is 3.38. The Morgan fingerprint density at radius 2 is 2.07 bits per heavy atom. The topological polar surface area (TPSA) is 102 Å². The summed E-state index contributed by atoms with van der Waals surface area (Å²) < 4.78 is 7.33. The normalized spacial score (nSPS) is 15.0. The summed E-state index contributed by atoms with van der Waals surface area (Å²) in [6.07, 6.45) is 6.60. The number of aryl methyl sites for hydroxylation is 1. The van der Waals surface area contributed by atoms with Crippen molar-refractivity contribution < 1.29 is 9.53 Å². The lowest BCUT2D eigenvalue weighted by molar-refractivity contribution is 0.0710. The van der Waals surface area contributed by atoms with Gasteiger partial charge in [0.05, 0.1) is 18.4 Å². The predicted octanol–water partition coefficient (Wildman–Crippen LogP) is 2.35. The van der Waals surface area contributed by atoms with Crippen LogP contribution in [-0.2, 0) is 11.3 Å². The summed E-state index contributed by atoms with van der Waals surface area (Å²) in [4.78, 5) is 28.0. The molecule has 1 saturated heterocycles. The van der Waals surface area contributed by atoms with Crippen LogP contribution in [0.5, 0.6) is 0 Å². The predicted molar refractivity (Wildman–Crippen MR) is 111 cm³/mol. The van der Waals surface area contributed by atoms with Gasteiger partial charge in [0.15, 0.2) is 0 Å². The number of nitrogens with zero attached hydrogens (tertiary/aromatic N) is 6. The number of nitrogens with one attached hydrogen (secondary N) is 1. The maximum absolute atomic E-state index is 13.1. The van der Waals surface area contributed by atoms with Crippen LogP contribution in [0.15, 0.2) is 24.7 Å². The highest BCUT2D eigenvalue weighted by molar-refractivity contribution is 5.95. The number of aromatic amines is 1. The van der Waals surface area contributed by atoms with E-state index in [9.17, 15) is 4.79 Å². The maximum atomic E-state index is 13.1. The van der Waals surface area contributed by atoms with Gasteiger partial charge >= 0.3 is 0 Å². The van der Waals surface area contributed by atoms with Crippen molar-refractivity contribution in [3.8, 4) is 11.5 Å². The van der Waals surface area contributed by atoms with Crippen molar-refractivity contribution in [3.63, 3.8) is 0 Å². The molecular weight excluding hydrogens is 382 g/mol. The van der Waals surface area contributed by atoms with Crippen LogP contribution in [0.2, 0.25) is 0 Å². The molecule has 1 aliphatic rings. The Bertz CT molecular complexity index is 1000. The van der Waals surface area contributed by atoms with Crippen molar-refractivity contribution in [2.24, 2.45) is 0 Å². The van der Waals surface area contributed by atoms with Crippen molar-refractivity contribution in [2.45, 2.75) is 39.2 Å². The van der Waals surface area contributed by atoms with E-state index in [1.54, 1.807) is 25.7 Å². The van der Waals surface area contributed by atoms with Gasteiger partial charge in [0.25, 0.3) is 5.91 Å². The fraction of sp³-hybridized carbons (Fsp3) is 0.476. The van der Waals surface area contributed by atoms with Crippen LogP contribution >= 0.6 is 0 Å². The quantitative estimate of drug-likeness (QED) is 0.670. The summed E-state index contributed by atoms with van der Waals surface area (Å²) in [5.41, 5.74) is 3.52. The second-order valence-corrected chi connectivity index (χ2v) is 7.63. The number of rotatable bonds is 6. The highest BCUT2D eigenvalue weighted by Crippen LogP contribution is 2.28. The lowest BCUT2D eigenvalue weighted by Crippen LogP contribution is -2.38. The number of H-pyrrole nitrogens is 1. The summed E-state index contributed by atoms with van der Waals surface area (Å²) in [5, 5.41) is 7.32. The third kappa shape index (κ3) is 3.97. The molecule has 0 atom stereocenters. The fourth-order valence-electron chi connectivity index (χ4n) is 4.06. The molecule has 0 radical (unpaired) electrons. The van der Waals surface area contributed by atoms with Crippen LogP contribution in [0, 0.1) is 13.8 Å². The minimum absolute atomic E-state index is 0.100. The third-order valence-corrected chi connectivity index (χ3v) is 5.79. The van der Waals surface area contributed by atoms with Crippen molar-refractivity contribution >= 4 is 5.91 Å². The molecule has 0 aromatic carbocycles. The molecule has 4 heterocycles. The first kappa shape index (κ1) is 20.2. The minimum atomic E-state index is 0.100. The third-order valence-electron chi connectivity index (χ3n) is 5.79. The highest BCUT2D eigenvalue weighted by atomic mass is 16.5. The van der Waals surface area contributed by atoms with Gasteiger partial charge in [0, 0.05) is 56.4 Å². The molecule has 9 nitrogen and oxygen atoms in total. The van der Waals surface area contributed by atoms with Gasteiger partial charge in [-0.25, -0.2) is 9.97 Å². The van der Waals surface area contributed by atoms with Crippen LogP contribution in [-0.4, -0.2) is 67.3 Å². The monoisotopic (exact) mass is 409 g/mol. The fourth-order valence-corrected chi connectivity index (χ4v) is 4.06. The zero-order valence-corrected chi connectivity index (χ0v) is 17.6. The van der Waals surface area contributed by atoms with Crippen LogP contribution in [0.3, 0.4) is 0 Å². The molecular formula is C21H27N7O2. The highest BCUT2D eigenvalue weighted by Gasteiger charge is 2.28. The molecule has 0 aliphatic carbocycles. The molecule has 30 heavy (non-hydrogen) atoms. The molecule has 9 heteroatoms. The van der Waals surface area contributed by atoms with Gasteiger partial charge in [-0.2, -0.15) is 5.10 Å². The Hall–Kier alpha value is -3.07. The Morgan fingerprint density at radius 3 is 2.77 bits per heavy atom. The molecule has 1 fully saturated rings. The van der Waals surface area contributed by atoms with Crippen molar-refractivity contribution in [2.75, 3.05) is 26.8 Å². The summed E-state index contributed by atoms with van der Waals surface area (Å²) in [5.74, 6) is 1.75. The molecule has 0 saturated carbocycles. The van der Waals surface area contributed by atoms with E-state index in [0.717, 1.165) is 42.2 Å². The first-order valence-electron chi connectivity index (χ1n) is 10.2. The van der Waals surface area contributed by atoms with Crippen LogP contribution in [0.4, 0.5) is 0 Å². The average molecular weight is 409 g/mol. The molecule has 0 spiro atoms. The molecule has 4 rings (SSSR count). The summed E-state index contributed by atoms with van der Waals surface area (Å²) in [7, 11) is 1.69. The molecule has 1 aliphatic heterocycles. The lowest BCUT2D eigenvalue weighted by atomic mass is 9.95. The smallest absolute Gasteiger partial charge is 0.255 e. The van der Waals surface area contributed by atoms with Gasteiger partial charge in [0.2, 0.25) is 5.82 Å². The van der Waals surface area contributed by atoms with Gasteiger partial charge < -0.3 is 14.2 Å². The number of hydrogen-bond acceptors (Lipinski definition) is 6. The van der Waals surface area contributed by atoms with E-state index < -0.39 is 0 Å². The first-order chi connectivity index (χ1) is 14.6. The van der Waals surface area contributed by atoms with Crippen LogP contribution < -0.4 is 0 Å². The number of ether oxygens (including phenoxy) is 1. The van der Waals surface area contributed by atoms with Crippen LogP contribution in [0.1, 0.15) is 46.3 Å². The summed E-state index contributed by atoms with van der Waals surface area (Å²) in [6.45, 7) is 6.82. The largest absolute Gasteiger partial charge is 0.383 e. The summed E-state index contributed by atoms with van der Waals surface area (Å²) in [6, 6.07) is 1.99. The second-order valence-electron chi connectivity index (χ2n) is 7.63. The molecule has 1 amide bonds. The summed E-state index contributed by atoms with van der Waals surface area (Å²) >= 11 is 0. The van der Waals surface area contributed by atoms with Gasteiger partial charge in [-0.05, 0) is 32.8 Å². The number of amides is 1. The number of piperidine rings is 1. The Balaban J connectivity index is 1.40. The molecule has 0 unspecified atom stereocenters. The first-order valence-corrected chi connectivity index (χ1v) is 10.2. The van der Waals surface area contributed by atoms with Gasteiger partial charge in [0.1, 0.15) is 11.5 Å². The molecule has 1 N–H and O–H groups in total. The van der Waals surface area contributed by atoms with E-state index in [0.29, 0.717) is 31.2 Å². The number of carbonyl (C=O) groups is 1. The number of carbonyl (C=O) groups excluding carboxylic acids is 1. The second kappa shape index (κ2) is 8.74. The van der Waals surface area contributed by atoms with E-state index >= 15 is 0 Å². The molecule has 158 valence electrons. The zero-order chi connectivity index (χ0) is 21.1. The molecule has 0 bridgehead atoms. The van der Waals surface area contributed by atoms with E-state index in [1.807, 2.05) is 24.8 Å². The Labute approximate surface area is 175 Å². The number of hydrogen-bond donors (Lipinski definition) is 1. The van der Waals surface area contributed by atoms with E-state index in [2.05, 4.69) is 29.7 Å². The van der Waals surface area contributed by atoms with Crippen LogP contribution in [0.25, 0.3) is 11.5 Å². The molecule has 3 aromatic heterocycles. The number of likely N-dealkylation sites (tertiary alicyclic amines) is 1. The number of aromatic nitrogens is 6. The zero-order valence-electron chi connectivity index (χ0n) is 17.6. The number of methoxy groups -OCH3 is 1. The van der Waals surface area contributed by atoms with Crippen molar-refractivity contribution in [3.05, 3.63) is 47.4 Å². The van der Waals surface area contributed by atoms with E-state index in [1.165, 1.54) is 0 Å². The van der Waals surface area contributed by atoms with Gasteiger partial charge in [-0.1, -0.05) is 0 Å². The van der Waals surface area contributed by atoms with E-state index in [-0.39, 0.29) is 11.8 Å². The van der Waals surface area contributed by atoms with Crippen molar-refractivity contribution in [1.82, 2.24) is 34.6 Å². The Morgan fingerprint density at radius 1 is 1.27 bits per heavy atom. The standard InChI is InChI=1S/C21H27N7O2/c1-14-12-17(15(2)28(14)10-11-30-3)21(29)27-8-4-16(5-9-27)19-24-20(26-25-19)18-13-22-6-7-23-18/h6-7,12-13,16H,4-5,8-11H2,1-3H3,(H,24,25,26).